The van der Waals surface area contributed by atoms with E-state index in [2.05, 4.69) is 74.7 Å². The SMILES string of the molecule is CC/C=C/C=C/C=C\C=C/C=C/CCCCCC(=O)OC(CCCCC/C=C/C=C/CCCCCCCCC)CC(=O)NC(CO)C(O)CCCCCCCCCCCCCCCCCCC. The van der Waals surface area contributed by atoms with Crippen molar-refractivity contribution in [3.8, 4) is 0 Å². The molecule has 0 heterocycles. The van der Waals surface area contributed by atoms with Crippen LogP contribution in [0.15, 0.2) is 85.1 Å². The quantitative estimate of drug-likeness (QED) is 0.0321. The van der Waals surface area contributed by atoms with Crippen LogP contribution in [0, 0.1) is 0 Å². The molecular weight excluding hydrogens is 827 g/mol. The Morgan fingerprint density at radius 3 is 1.25 bits per heavy atom. The van der Waals surface area contributed by atoms with E-state index in [1.54, 1.807) is 0 Å². The first kappa shape index (κ1) is 64.0. The lowest BCUT2D eigenvalue weighted by atomic mass is 10.0. The summed E-state index contributed by atoms with van der Waals surface area (Å²) in [5.41, 5.74) is 0. The van der Waals surface area contributed by atoms with Gasteiger partial charge in [-0.3, -0.25) is 9.59 Å². The third-order valence-corrected chi connectivity index (χ3v) is 12.6. The number of esters is 1. The molecule has 0 radical (unpaired) electrons. The van der Waals surface area contributed by atoms with Gasteiger partial charge in [0.05, 0.1) is 25.2 Å². The number of hydrogen-bond acceptors (Lipinski definition) is 5. The molecule has 0 saturated carbocycles. The first-order valence-corrected chi connectivity index (χ1v) is 28.4. The zero-order valence-electron chi connectivity index (χ0n) is 44.0. The molecule has 67 heavy (non-hydrogen) atoms. The fourth-order valence-corrected chi connectivity index (χ4v) is 8.33. The Morgan fingerprint density at radius 1 is 0.448 bits per heavy atom. The van der Waals surface area contributed by atoms with Crippen LogP contribution in [-0.4, -0.2) is 46.9 Å². The first-order valence-electron chi connectivity index (χ1n) is 28.4. The van der Waals surface area contributed by atoms with Gasteiger partial charge in [-0.15, -0.1) is 0 Å². The van der Waals surface area contributed by atoms with Crippen LogP contribution in [-0.2, 0) is 14.3 Å². The van der Waals surface area contributed by atoms with E-state index < -0.39 is 18.2 Å². The Hall–Kier alpha value is -2.96. The van der Waals surface area contributed by atoms with E-state index in [0.29, 0.717) is 19.3 Å². The molecule has 3 atom stereocenters. The fraction of sp³-hybridized carbons (Fsp3) is 0.738. The molecule has 6 heteroatoms. The second-order valence-corrected chi connectivity index (χ2v) is 19.1. The maximum absolute atomic E-state index is 13.3. The molecule has 1 amide bonds. The van der Waals surface area contributed by atoms with Crippen LogP contribution in [0.1, 0.15) is 265 Å². The van der Waals surface area contributed by atoms with Crippen molar-refractivity contribution in [3.63, 3.8) is 0 Å². The van der Waals surface area contributed by atoms with E-state index in [4.69, 9.17) is 4.74 Å². The molecule has 0 fully saturated rings. The highest BCUT2D eigenvalue weighted by Gasteiger charge is 2.24. The van der Waals surface area contributed by atoms with E-state index in [-0.39, 0.29) is 24.9 Å². The molecule has 0 bridgehead atoms. The van der Waals surface area contributed by atoms with Gasteiger partial charge in [0.2, 0.25) is 5.91 Å². The molecule has 0 aliphatic rings. The summed E-state index contributed by atoms with van der Waals surface area (Å²) in [6.07, 6.45) is 70.7. The van der Waals surface area contributed by atoms with E-state index in [0.717, 1.165) is 83.5 Å². The summed E-state index contributed by atoms with van der Waals surface area (Å²) >= 11 is 0. The van der Waals surface area contributed by atoms with Crippen LogP contribution in [0.4, 0.5) is 0 Å². The molecule has 6 nitrogen and oxygen atoms in total. The molecule has 3 N–H and O–H groups in total. The molecule has 386 valence electrons. The second-order valence-electron chi connectivity index (χ2n) is 19.1. The molecule has 0 saturated heterocycles. The highest BCUT2D eigenvalue weighted by atomic mass is 16.5. The minimum absolute atomic E-state index is 0.0389. The van der Waals surface area contributed by atoms with Gasteiger partial charge < -0.3 is 20.3 Å². The summed E-state index contributed by atoms with van der Waals surface area (Å²) in [4.78, 5) is 26.2. The highest BCUT2D eigenvalue weighted by Crippen LogP contribution is 2.18. The number of carbonyl (C=O) groups excluding carboxylic acids is 2. The average Bonchev–Trinajstić information content (AvgIpc) is 3.32. The number of aliphatic hydroxyl groups excluding tert-OH is 2. The van der Waals surface area contributed by atoms with E-state index >= 15 is 0 Å². The summed E-state index contributed by atoms with van der Waals surface area (Å²) < 4.78 is 5.92. The summed E-state index contributed by atoms with van der Waals surface area (Å²) in [6.45, 7) is 6.34. The Kier molecular flexibility index (Phi) is 51.6. The fourth-order valence-electron chi connectivity index (χ4n) is 8.33. The van der Waals surface area contributed by atoms with Gasteiger partial charge in [-0.05, 0) is 70.6 Å². The van der Waals surface area contributed by atoms with Crippen molar-refractivity contribution in [1.82, 2.24) is 5.32 Å². The lowest BCUT2D eigenvalue weighted by molar-refractivity contribution is -0.151. The van der Waals surface area contributed by atoms with E-state index in [1.165, 1.54) is 135 Å². The number of allylic oxidation sites excluding steroid dienone is 14. The maximum atomic E-state index is 13.3. The largest absolute Gasteiger partial charge is 0.462 e. The first-order chi connectivity index (χ1) is 33.0. The van der Waals surface area contributed by atoms with Crippen LogP contribution in [0.25, 0.3) is 0 Å². The van der Waals surface area contributed by atoms with Gasteiger partial charge in [-0.2, -0.15) is 0 Å². The van der Waals surface area contributed by atoms with Crippen LogP contribution in [0.5, 0.6) is 0 Å². The molecule has 0 aliphatic carbocycles. The molecule has 0 spiro atoms. The molecule has 0 aliphatic heterocycles. The van der Waals surface area contributed by atoms with Crippen molar-refractivity contribution < 1.29 is 24.5 Å². The highest BCUT2D eigenvalue weighted by molar-refractivity contribution is 5.77. The summed E-state index contributed by atoms with van der Waals surface area (Å²) in [6, 6.07) is -0.725. The third kappa shape index (κ3) is 49.3. The number of rotatable bonds is 50. The number of nitrogens with one attached hydrogen (secondary N) is 1. The molecule has 3 unspecified atom stereocenters. The summed E-state index contributed by atoms with van der Waals surface area (Å²) in [5.74, 6) is -0.549. The number of amides is 1. The Balaban J connectivity index is 4.66. The van der Waals surface area contributed by atoms with Crippen LogP contribution < -0.4 is 5.32 Å². The normalized spacial score (nSPS) is 13.8. The van der Waals surface area contributed by atoms with Crippen molar-refractivity contribution in [2.75, 3.05) is 6.61 Å². The predicted molar refractivity (Wildman–Crippen MR) is 291 cm³/mol. The van der Waals surface area contributed by atoms with Crippen molar-refractivity contribution in [1.29, 1.82) is 0 Å². The number of hydrogen-bond donors (Lipinski definition) is 3. The van der Waals surface area contributed by atoms with Gasteiger partial charge in [0.15, 0.2) is 0 Å². The molecule has 0 aromatic heterocycles. The average molecular weight is 935 g/mol. The maximum Gasteiger partial charge on any atom is 0.306 e. The second kappa shape index (κ2) is 54.0. The summed E-state index contributed by atoms with van der Waals surface area (Å²) in [5, 5.41) is 23.9. The molecule has 0 aromatic carbocycles. The van der Waals surface area contributed by atoms with Crippen LogP contribution in [0.3, 0.4) is 0 Å². The number of aliphatic hydroxyl groups is 2. The van der Waals surface area contributed by atoms with Gasteiger partial charge >= 0.3 is 5.97 Å². The van der Waals surface area contributed by atoms with Crippen LogP contribution >= 0.6 is 0 Å². The third-order valence-electron chi connectivity index (χ3n) is 12.6. The minimum Gasteiger partial charge on any atom is -0.462 e. The Labute approximate surface area is 414 Å². The standard InChI is InChI=1S/C61H107NO5/c1-4-7-10-13-16-19-22-25-28-30-33-35-38-41-44-47-50-53-59(64)58(56-63)62-60(65)55-57(52-49-46-43-40-37-34-32-29-26-23-20-17-14-11-8-5-2)67-61(66)54-51-48-45-42-39-36-31-27-24-21-18-15-12-9-6-3/h9,12,15,18,21,24,27,29,31-32,34,36-37,39,57-59,63-64H,4-8,10-11,13-14,16-17,19-20,22-23,25-26,28,30,33,35,38,40-56H2,1-3H3,(H,62,65)/b12-9+,18-15+,24-21-,31-27-,32-29+,37-34+,39-36+. The van der Waals surface area contributed by atoms with Crippen molar-refractivity contribution in [3.05, 3.63) is 85.1 Å². The lowest BCUT2D eigenvalue weighted by Gasteiger charge is -2.24. The van der Waals surface area contributed by atoms with E-state index in [1.807, 2.05) is 36.5 Å². The predicted octanol–water partition coefficient (Wildman–Crippen LogP) is 17.5. The topological polar surface area (TPSA) is 95.9 Å². The van der Waals surface area contributed by atoms with Crippen LogP contribution in [0.2, 0.25) is 0 Å². The smallest absolute Gasteiger partial charge is 0.306 e. The number of carbonyl (C=O) groups is 2. The Bertz CT molecular complexity index is 1280. The molecule has 0 aromatic rings. The van der Waals surface area contributed by atoms with Gasteiger partial charge in [-0.25, -0.2) is 0 Å². The van der Waals surface area contributed by atoms with Gasteiger partial charge in [-0.1, -0.05) is 266 Å². The van der Waals surface area contributed by atoms with Gasteiger partial charge in [0.1, 0.15) is 6.10 Å². The number of unbranched alkanes of at least 4 members (excludes halogenated alkanes) is 29. The van der Waals surface area contributed by atoms with E-state index in [9.17, 15) is 19.8 Å². The minimum atomic E-state index is -0.808. The zero-order chi connectivity index (χ0) is 48.8. The van der Waals surface area contributed by atoms with Gasteiger partial charge in [0.25, 0.3) is 0 Å². The zero-order valence-corrected chi connectivity index (χ0v) is 44.0. The van der Waals surface area contributed by atoms with Crippen molar-refractivity contribution in [2.45, 2.75) is 283 Å². The van der Waals surface area contributed by atoms with Crippen molar-refractivity contribution >= 4 is 11.9 Å². The molecule has 0 rings (SSSR count). The summed E-state index contributed by atoms with van der Waals surface area (Å²) in [7, 11) is 0. The monoisotopic (exact) mass is 934 g/mol. The number of ether oxygens (including phenoxy) is 1. The van der Waals surface area contributed by atoms with Gasteiger partial charge in [0, 0.05) is 6.42 Å². The van der Waals surface area contributed by atoms with Crippen molar-refractivity contribution in [2.24, 2.45) is 0 Å². The molecular formula is C61H107NO5. The Morgan fingerprint density at radius 2 is 0.806 bits per heavy atom. The lowest BCUT2D eigenvalue weighted by Crippen LogP contribution is -2.46.